The van der Waals surface area contributed by atoms with Gasteiger partial charge in [-0.1, -0.05) is 12.1 Å². The van der Waals surface area contributed by atoms with Gasteiger partial charge in [-0.25, -0.2) is 0 Å². The molecule has 3 amide bonds. The van der Waals surface area contributed by atoms with Crippen LogP contribution in [0.15, 0.2) is 67.0 Å². The standard InChI is InChI=1S/C24H24N4O6/c1-32-19-8-4-3-7-18(19)28-23(30)15-34-20-10-9-16(12-21(20)33-2)24(31)26-14-22(29)27-17-6-5-11-25-13-17/h3-13H,14-15H2,1-2H3,(H,26,31)(H,27,29)(H,28,30). The third-order valence-electron chi connectivity index (χ3n) is 4.52. The van der Waals surface area contributed by atoms with Gasteiger partial charge in [0.1, 0.15) is 5.75 Å². The van der Waals surface area contributed by atoms with Crippen molar-refractivity contribution in [1.29, 1.82) is 0 Å². The summed E-state index contributed by atoms with van der Waals surface area (Å²) in [4.78, 5) is 40.6. The molecule has 0 aliphatic heterocycles. The molecule has 0 unspecified atom stereocenters. The maximum Gasteiger partial charge on any atom is 0.262 e. The number of ether oxygens (including phenoxy) is 3. The maximum atomic E-state index is 12.4. The van der Waals surface area contributed by atoms with Gasteiger partial charge < -0.3 is 30.2 Å². The zero-order chi connectivity index (χ0) is 24.3. The number of aromatic nitrogens is 1. The number of rotatable bonds is 10. The Morgan fingerprint density at radius 1 is 0.853 bits per heavy atom. The number of carbonyl (C=O) groups is 3. The fourth-order valence-corrected chi connectivity index (χ4v) is 2.91. The molecule has 3 N–H and O–H groups in total. The summed E-state index contributed by atoms with van der Waals surface area (Å²) in [5.74, 6) is -0.193. The topological polar surface area (TPSA) is 128 Å². The van der Waals surface area contributed by atoms with Crippen LogP contribution in [0, 0.1) is 0 Å². The number of anilines is 2. The first kappa shape index (κ1) is 24.1. The molecule has 0 radical (unpaired) electrons. The molecule has 10 nitrogen and oxygen atoms in total. The second-order valence-electron chi connectivity index (χ2n) is 6.88. The molecule has 176 valence electrons. The van der Waals surface area contributed by atoms with Crippen molar-refractivity contribution in [3.63, 3.8) is 0 Å². The molecule has 0 saturated heterocycles. The average Bonchev–Trinajstić information content (AvgIpc) is 2.86. The van der Waals surface area contributed by atoms with E-state index in [1.807, 2.05) is 0 Å². The van der Waals surface area contributed by atoms with Crippen LogP contribution in [0.3, 0.4) is 0 Å². The second-order valence-corrected chi connectivity index (χ2v) is 6.88. The quantitative estimate of drug-likeness (QED) is 0.421. The molecular weight excluding hydrogens is 440 g/mol. The summed E-state index contributed by atoms with van der Waals surface area (Å²) >= 11 is 0. The third-order valence-corrected chi connectivity index (χ3v) is 4.52. The summed E-state index contributed by atoms with van der Waals surface area (Å²) in [5, 5.41) is 7.87. The van der Waals surface area contributed by atoms with Crippen molar-refractivity contribution < 1.29 is 28.6 Å². The average molecular weight is 464 g/mol. The molecule has 10 heteroatoms. The van der Waals surface area contributed by atoms with E-state index in [2.05, 4.69) is 20.9 Å². The van der Waals surface area contributed by atoms with Gasteiger partial charge >= 0.3 is 0 Å². The van der Waals surface area contributed by atoms with E-state index in [9.17, 15) is 14.4 Å². The molecule has 0 atom stereocenters. The van der Waals surface area contributed by atoms with E-state index in [-0.39, 0.29) is 30.2 Å². The van der Waals surface area contributed by atoms with Crippen molar-refractivity contribution in [2.75, 3.05) is 38.0 Å². The SMILES string of the molecule is COc1ccccc1NC(=O)COc1ccc(C(=O)NCC(=O)Nc2cccnc2)cc1OC. The highest BCUT2D eigenvalue weighted by Crippen LogP contribution is 2.28. The lowest BCUT2D eigenvalue weighted by Crippen LogP contribution is -2.32. The van der Waals surface area contributed by atoms with Crippen LogP contribution in [0.1, 0.15) is 10.4 Å². The number of amides is 3. The molecule has 0 spiro atoms. The van der Waals surface area contributed by atoms with E-state index in [0.29, 0.717) is 17.1 Å². The molecule has 0 saturated carbocycles. The van der Waals surface area contributed by atoms with Crippen LogP contribution in [0.2, 0.25) is 0 Å². The Hall–Kier alpha value is -4.60. The fraction of sp³-hybridized carbons (Fsp3) is 0.167. The molecule has 3 rings (SSSR count). The molecule has 0 aliphatic rings. The number of carbonyl (C=O) groups excluding carboxylic acids is 3. The fourth-order valence-electron chi connectivity index (χ4n) is 2.91. The number of nitrogens with zero attached hydrogens (tertiary/aromatic N) is 1. The van der Waals surface area contributed by atoms with Gasteiger partial charge in [0.05, 0.1) is 38.3 Å². The first-order chi connectivity index (χ1) is 16.5. The molecule has 34 heavy (non-hydrogen) atoms. The monoisotopic (exact) mass is 464 g/mol. The van der Waals surface area contributed by atoms with Crippen LogP contribution in [0.4, 0.5) is 11.4 Å². The number of methoxy groups -OCH3 is 2. The van der Waals surface area contributed by atoms with Crippen LogP contribution < -0.4 is 30.2 Å². The molecule has 3 aromatic rings. The van der Waals surface area contributed by atoms with E-state index >= 15 is 0 Å². The highest BCUT2D eigenvalue weighted by molar-refractivity contribution is 5.99. The van der Waals surface area contributed by atoms with Gasteiger partial charge in [0.25, 0.3) is 11.8 Å². The Labute approximate surface area is 196 Å². The highest BCUT2D eigenvalue weighted by atomic mass is 16.5. The van der Waals surface area contributed by atoms with E-state index in [4.69, 9.17) is 14.2 Å². The number of pyridine rings is 1. The summed E-state index contributed by atoms with van der Waals surface area (Å²) in [7, 11) is 2.93. The predicted octanol–water partition coefficient (Wildman–Crippen LogP) is 2.48. The summed E-state index contributed by atoms with van der Waals surface area (Å²) < 4.78 is 16.0. The summed E-state index contributed by atoms with van der Waals surface area (Å²) in [5.41, 5.74) is 1.31. The van der Waals surface area contributed by atoms with Crippen LogP contribution >= 0.6 is 0 Å². The van der Waals surface area contributed by atoms with Crippen molar-refractivity contribution in [2.45, 2.75) is 0 Å². The number of benzene rings is 2. The van der Waals surface area contributed by atoms with Gasteiger partial charge in [0, 0.05) is 11.8 Å². The van der Waals surface area contributed by atoms with Gasteiger partial charge in [0.15, 0.2) is 18.1 Å². The minimum atomic E-state index is -0.472. The van der Waals surface area contributed by atoms with Gasteiger partial charge in [-0.05, 0) is 42.5 Å². The lowest BCUT2D eigenvalue weighted by Gasteiger charge is -2.13. The summed E-state index contributed by atoms with van der Waals surface area (Å²) in [6, 6.07) is 14.9. The zero-order valence-corrected chi connectivity index (χ0v) is 18.7. The number of nitrogens with one attached hydrogen (secondary N) is 3. The molecular formula is C24H24N4O6. The molecule has 0 fully saturated rings. The maximum absolute atomic E-state index is 12.4. The van der Waals surface area contributed by atoms with Crippen molar-refractivity contribution in [1.82, 2.24) is 10.3 Å². The van der Waals surface area contributed by atoms with E-state index < -0.39 is 17.7 Å². The van der Waals surface area contributed by atoms with Crippen molar-refractivity contribution >= 4 is 29.1 Å². The Morgan fingerprint density at radius 2 is 1.65 bits per heavy atom. The van der Waals surface area contributed by atoms with E-state index in [0.717, 1.165) is 0 Å². The molecule has 2 aromatic carbocycles. The summed E-state index contributed by atoms with van der Waals surface area (Å²) in [6.45, 7) is -0.508. The molecule has 0 aliphatic carbocycles. The normalized spacial score (nSPS) is 10.1. The molecule has 1 heterocycles. The van der Waals surface area contributed by atoms with Gasteiger partial charge in [-0.15, -0.1) is 0 Å². The van der Waals surface area contributed by atoms with Gasteiger partial charge in [-0.3, -0.25) is 19.4 Å². The van der Waals surface area contributed by atoms with Crippen LogP contribution in [-0.2, 0) is 9.59 Å². The largest absolute Gasteiger partial charge is 0.495 e. The Kier molecular flexibility index (Phi) is 8.39. The Balaban J connectivity index is 1.54. The Bertz CT molecular complexity index is 1150. The Morgan fingerprint density at radius 3 is 2.38 bits per heavy atom. The third kappa shape index (κ3) is 6.70. The number of para-hydroxylation sites is 2. The van der Waals surface area contributed by atoms with Crippen molar-refractivity contribution in [2.24, 2.45) is 0 Å². The molecule has 0 bridgehead atoms. The highest BCUT2D eigenvalue weighted by Gasteiger charge is 2.14. The van der Waals surface area contributed by atoms with Crippen LogP contribution in [0.25, 0.3) is 0 Å². The minimum absolute atomic E-state index is 0.225. The smallest absolute Gasteiger partial charge is 0.262 e. The van der Waals surface area contributed by atoms with Crippen molar-refractivity contribution in [3.05, 3.63) is 72.6 Å². The van der Waals surface area contributed by atoms with E-state index in [1.165, 1.54) is 38.6 Å². The lowest BCUT2D eigenvalue weighted by atomic mass is 10.2. The number of hydrogen-bond acceptors (Lipinski definition) is 7. The van der Waals surface area contributed by atoms with Gasteiger partial charge in [-0.2, -0.15) is 0 Å². The second kappa shape index (κ2) is 11.9. The van der Waals surface area contributed by atoms with E-state index in [1.54, 1.807) is 42.6 Å². The van der Waals surface area contributed by atoms with Gasteiger partial charge in [0.2, 0.25) is 5.91 Å². The number of hydrogen-bond donors (Lipinski definition) is 3. The molecule has 1 aromatic heterocycles. The summed E-state index contributed by atoms with van der Waals surface area (Å²) in [6.07, 6.45) is 3.09. The zero-order valence-electron chi connectivity index (χ0n) is 18.7. The lowest BCUT2D eigenvalue weighted by molar-refractivity contribution is -0.118. The first-order valence-electron chi connectivity index (χ1n) is 10.2. The van der Waals surface area contributed by atoms with Crippen LogP contribution in [-0.4, -0.2) is 50.1 Å². The van der Waals surface area contributed by atoms with Crippen LogP contribution in [0.5, 0.6) is 17.2 Å². The first-order valence-corrected chi connectivity index (χ1v) is 10.2. The van der Waals surface area contributed by atoms with Crippen molar-refractivity contribution in [3.8, 4) is 17.2 Å². The minimum Gasteiger partial charge on any atom is -0.495 e. The predicted molar refractivity (Wildman–Crippen MR) is 125 cm³/mol.